The minimum Gasteiger partial charge on any atom is -0.497 e. The number of rotatable bonds is 7. The maximum Gasteiger partial charge on any atom is 0.244 e. The van der Waals surface area contributed by atoms with E-state index in [2.05, 4.69) is 5.32 Å². The van der Waals surface area contributed by atoms with Crippen LogP contribution >= 0.6 is 0 Å². The molecule has 4 heteroatoms. The summed E-state index contributed by atoms with van der Waals surface area (Å²) < 4.78 is 10.4. The van der Waals surface area contributed by atoms with Crippen LogP contribution in [0, 0.1) is 0 Å². The van der Waals surface area contributed by atoms with Crippen molar-refractivity contribution in [2.75, 3.05) is 14.2 Å². The second-order valence-electron chi connectivity index (χ2n) is 6.24. The fourth-order valence-corrected chi connectivity index (χ4v) is 2.91. The van der Waals surface area contributed by atoms with Gasteiger partial charge in [0.1, 0.15) is 11.5 Å². The molecule has 0 bridgehead atoms. The molecule has 0 aliphatic carbocycles. The molecule has 0 fully saturated rings. The number of hydrogen-bond donors (Lipinski definition) is 1. The van der Waals surface area contributed by atoms with E-state index in [9.17, 15) is 4.79 Å². The fourth-order valence-electron chi connectivity index (χ4n) is 2.91. The number of hydrogen-bond acceptors (Lipinski definition) is 3. The molecular weight excluding hydrogens is 350 g/mol. The van der Waals surface area contributed by atoms with Crippen LogP contribution in [0.3, 0.4) is 0 Å². The average Bonchev–Trinajstić information content (AvgIpc) is 2.77. The molecule has 3 rings (SSSR count). The largest absolute Gasteiger partial charge is 0.497 e. The van der Waals surface area contributed by atoms with Crippen molar-refractivity contribution in [2.45, 2.75) is 6.04 Å². The molecule has 142 valence electrons. The average molecular weight is 373 g/mol. The molecule has 0 saturated heterocycles. The lowest BCUT2D eigenvalue weighted by Gasteiger charge is -2.19. The maximum absolute atomic E-state index is 12.6. The topological polar surface area (TPSA) is 47.6 Å². The number of carbonyl (C=O) groups excluding carboxylic acids is 1. The highest BCUT2D eigenvalue weighted by molar-refractivity contribution is 5.92. The summed E-state index contributed by atoms with van der Waals surface area (Å²) in [5, 5.41) is 3.09. The van der Waals surface area contributed by atoms with Crippen molar-refractivity contribution in [1.29, 1.82) is 0 Å². The zero-order chi connectivity index (χ0) is 19.8. The molecule has 0 aliphatic rings. The Kier molecular flexibility index (Phi) is 6.47. The van der Waals surface area contributed by atoms with Gasteiger partial charge in [0.15, 0.2) is 0 Å². The third-order valence-corrected chi connectivity index (χ3v) is 4.39. The van der Waals surface area contributed by atoms with Crippen LogP contribution < -0.4 is 14.8 Å². The van der Waals surface area contributed by atoms with Gasteiger partial charge in [-0.05, 0) is 47.0 Å². The van der Waals surface area contributed by atoms with E-state index in [0.29, 0.717) is 0 Å². The van der Waals surface area contributed by atoms with Gasteiger partial charge in [-0.2, -0.15) is 0 Å². The van der Waals surface area contributed by atoms with Crippen LogP contribution in [-0.4, -0.2) is 20.1 Å². The number of ether oxygens (including phenoxy) is 2. The molecule has 4 nitrogen and oxygen atoms in total. The van der Waals surface area contributed by atoms with Crippen molar-refractivity contribution >= 4 is 12.0 Å². The normalized spacial score (nSPS) is 11.8. The standard InChI is InChI=1S/C24H23NO3/c1-27-21-14-12-20(13-15-21)24(19-8-4-3-5-9-19)25-23(26)16-11-18-7-6-10-22(17-18)28-2/h3-17,24H,1-2H3,(H,25,26)/b16-11+/t24-/m0/s1. The van der Waals surface area contributed by atoms with E-state index in [1.807, 2.05) is 78.9 Å². The third kappa shape index (κ3) is 5.01. The predicted octanol–water partition coefficient (Wildman–Crippen LogP) is 4.62. The van der Waals surface area contributed by atoms with Gasteiger partial charge in [-0.15, -0.1) is 0 Å². The Balaban J connectivity index is 1.80. The van der Waals surface area contributed by atoms with Gasteiger partial charge in [0.2, 0.25) is 5.91 Å². The van der Waals surface area contributed by atoms with Crippen LogP contribution in [0.4, 0.5) is 0 Å². The summed E-state index contributed by atoms with van der Waals surface area (Å²) in [5.74, 6) is 1.36. The summed E-state index contributed by atoms with van der Waals surface area (Å²) in [6, 6.07) is 24.9. The molecule has 0 unspecified atom stereocenters. The highest BCUT2D eigenvalue weighted by Gasteiger charge is 2.15. The predicted molar refractivity (Wildman–Crippen MR) is 111 cm³/mol. The molecular formula is C24H23NO3. The van der Waals surface area contributed by atoms with E-state index in [4.69, 9.17) is 9.47 Å². The summed E-state index contributed by atoms with van der Waals surface area (Å²) in [6.45, 7) is 0. The van der Waals surface area contributed by atoms with Crippen molar-refractivity contribution in [3.8, 4) is 11.5 Å². The third-order valence-electron chi connectivity index (χ3n) is 4.39. The summed E-state index contributed by atoms with van der Waals surface area (Å²) >= 11 is 0. The van der Waals surface area contributed by atoms with Crippen LogP contribution in [0.2, 0.25) is 0 Å². The van der Waals surface area contributed by atoms with Gasteiger partial charge in [0.25, 0.3) is 0 Å². The molecule has 3 aromatic carbocycles. The van der Waals surface area contributed by atoms with E-state index in [1.165, 1.54) is 6.08 Å². The highest BCUT2D eigenvalue weighted by Crippen LogP contribution is 2.24. The molecule has 0 aliphatic heterocycles. The van der Waals surface area contributed by atoms with Gasteiger partial charge in [-0.3, -0.25) is 4.79 Å². The zero-order valence-electron chi connectivity index (χ0n) is 16.0. The molecule has 0 spiro atoms. The molecule has 3 aromatic rings. The van der Waals surface area contributed by atoms with Gasteiger partial charge >= 0.3 is 0 Å². The van der Waals surface area contributed by atoms with Crippen molar-refractivity contribution in [2.24, 2.45) is 0 Å². The Hall–Kier alpha value is -3.53. The molecule has 0 radical (unpaired) electrons. The van der Waals surface area contributed by atoms with Gasteiger partial charge in [-0.1, -0.05) is 54.6 Å². The van der Waals surface area contributed by atoms with Crippen LogP contribution in [0.25, 0.3) is 6.08 Å². The molecule has 1 N–H and O–H groups in total. The smallest absolute Gasteiger partial charge is 0.244 e. The lowest BCUT2D eigenvalue weighted by atomic mass is 9.98. The van der Waals surface area contributed by atoms with E-state index in [1.54, 1.807) is 20.3 Å². The number of nitrogens with one attached hydrogen (secondary N) is 1. The Labute approximate surface area is 165 Å². The number of amides is 1. The molecule has 0 aromatic heterocycles. The summed E-state index contributed by atoms with van der Waals surface area (Å²) in [6.07, 6.45) is 3.31. The number of methoxy groups -OCH3 is 2. The van der Waals surface area contributed by atoms with Crippen molar-refractivity contribution < 1.29 is 14.3 Å². The molecule has 0 saturated carbocycles. The highest BCUT2D eigenvalue weighted by atomic mass is 16.5. The van der Waals surface area contributed by atoms with Crippen molar-refractivity contribution in [1.82, 2.24) is 5.32 Å². The van der Waals surface area contributed by atoms with E-state index >= 15 is 0 Å². The van der Waals surface area contributed by atoms with E-state index < -0.39 is 0 Å². The van der Waals surface area contributed by atoms with Crippen LogP contribution in [0.1, 0.15) is 22.7 Å². The molecule has 28 heavy (non-hydrogen) atoms. The second kappa shape index (κ2) is 9.42. The van der Waals surface area contributed by atoms with Crippen molar-refractivity contribution in [3.63, 3.8) is 0 Å². The summed E-state index contributed by atoms with van der Waals surface area (Å²) in [7, 11) is 3.25. The first kappa shape index (κ1) is 19.2. The lowest BCUT2D eigenvalue weighted by Crippen LogP contribution is -2.27. The van der Waals surface area contributed by atoms with Gasteiger partial charge < -0.3 is 14.8 Å². The molecule has 1 amide bonds. The lowest BCUT2D eigenvalue weighted by molar-refractivity contribution is -0.116. The second-order valence-corrected chi connectivity index (χ2v) is 6.24. The Morgan fingerprint density at radius 3 is 2.18 bits per heavy atom. The summed E-state index contributed by atoms with van der Waals surface area (Å²) in [4.78, 5) is 12.6. The monoisotopic (exact) mass is 373 g/mol. The maximum atomic E-state index is 12.6. The minimum absolute atomic E-state index is 0.174. The van der Waals surface area contributed by atoms with Gasteiger partial charge in [0.05, 0.1) is 20.3 Å². The Bertz CT molecular complexity index is 934. The number of carbonyl (C=O) groups is 1. The van der Waals surface area contributed by atoms with Crippen LogP contribution in [0.5, 0.6) is 11.5 Å². The minimum atomic E-state index is -0.255. The van der Waals surface area contributed by atoms with Crippen LogP contribution in [-0.2, 0) is 4.79 Å². The van der Waals surface area contributed by atoms with Gasteiger partial charge in [0, 0.05) is 6.08 Å². The first-order chi connectivity index (χ1) is 13.7. The van der Waals surface area contributed by atoms with Crippen LogP contribution in [0.15, 0.2) is 84.9 Å². The molecule has 1 atom stereocenters. The quantitative estimate of drug-likeness (QED) is 0.615. The Morgan fingerprint density at radius 2 is 1.50 bits per heavy atom. The number of benzene rings is 3. The SMILES string of the molecule is COc1ccc([C@@H](NC(=O)/C=C/c2cccc(OC)c2)c2ccccc2)cc1. The zero-order valence-corrected chi connectivity index (χ0v) is 16.0. The Morgan fingerprint density at radius 1 is 0.821 bits per heavy atom. The fraction of sp³-hybridized carbons (Fsp3) is 0.125. The van der Waals surface area contributed by atoms with E-state index in [-0.39, 0.29) is 11.9 Å². The molecule has 0 heterocycles. The first-order valence-corrected chi connectivity index (χ1v) is 9.01. The van der Waals surface area contributed by atoms with Crippen molar-refractivity contribution in [3.05, 3.63) is 102 Å². The van der Waals surface area contributed by atoms with E-state index in [0.717, 1.165) is 28.2 Å². The summed E-state index contributed by atoms with van der Waals surface area (Å²) in [5.41, 5.74) is 2.89. The van der Waals surface area contributed by atoms with Gasteiger partial charge in [-0.25, -0.2) is 0 Å². The first-order valence-electron chi connectivity index (χ1n) is 9.01.